The number of benzene rings is 1. The fourth-order valence-corrected chi connectivity index (χ4v) is 2.12. The second-order valence-electron chi connectivity index (χ2n) is 4.16. The minimum atomic E-state index is -0.0796. The highest BCUT2D eigenvalue weighted by atomic mass is 16.5. The maximum absolute atomic E-state index is 11.7. The Morgan fingerprint density at radius 3 is 2.76 bits per heavy atom. The Bertz CT molecular complexity index is 380. The monoisotopic (exact) mass is 235 g/mol. The second kappa shape index (κ2) is 5.29. The van der Waals surface area contributed by atoms with Gasteiger partial charge in [-0.2, -0.15) is 0 Å². The molecule has 1 fully saturated rings. The molecule has 1 aromatic rings. The average Bonchev–Trinajstić information content (AvgIpc) is 2.36. The number of carbonyl (C=O) groups excluding carboxylic acids is 1. The molecule has 0 aromatic heterocycles. The number of hydrogen-bond acceptors (Lipinski definition) is 3. The van der Waals surface area contributed by atoms with Crippen LogP contribution >= 0.6 is 0 Å². The Hall–Kier alpha value is -1.39. The van der Waals surface area contributed by atoms with Gasteiger partial charge in [-0.25, -0.2) is 0 Å². The van der Waals surface area contributed by atoms with Gasteiger partial charge in [0.05, 0.1) is 6.04 Å². The molecule has 0 bridgehead atoms. The molecular formula is C13H17NO3. The molecule has 92 valence electrons. The van der Waals surface area contributed by atoms with Crippen molar-refractivity contribution >= 4 is 5.91 Å². The van der Waals surface area contributed by atoms with Crippen LogP contribution in [0.4, 0.5) is 0 Å². The molecule has 2 atom stereocenters. The maximum Gasteiger partial charge on any atom is 0.250 e. The van der Waals surface area contributed by atoms with E-state index in [0.717, 1.165) is 5.56 Å². The molecule has 0 unspecified atom stereocenters. The van der Waals surface area contributed by atoms with E-state index >= 15 is 0 Å². The van der Waals surface area contributed by atoms with Crippen LogP contribution in [0.1, 0.15) is 18.6 Å². The molecule has 0 spiro atoms. The summed E-state index contributed by atoms with van der Waals surface area (Å²) in [5, 5.41) is 0. The molecule has 1 aliphatic heterocycles. The normalized spacial score (nSPS) is 25.1. The van der Waals surface area contributed by atoms with E-state index in [0.29, 0.717) is 6.73 Å². The molecule has 0 aliphatic carbocycles. The Morgan fingerprint density at radius 2 is 2.12 bits per heavy atom. The zero-order valence-corrected chi connectivity index (χ0v) is 10.1. The van der Waals surface area contributed by atoms with Crippen LogP contribution in [0.5, 0.6) is 0 Å². The van der Waals surface area contributed by atoms with E-state index in [9.17, 15) is 4.79 Å². The SMILES string of the molecule is COCN1C(=O)CO[C@@H](c2ccccc2)[C@H]1C. The lowest BCUT2D eigenvalue weighted by Gasteiger charge is -2.38. The average molecular weight is 235 g/mol. The molecule has 17 heavy (non-hydrogen) atoms. The molecule has 1 aromatic carbocycles. The van der Waals surface area contributed by atoms with Crippen molar-refractivity contribution < 1.29 is 14.3 Å². The van der Waals surface area contributed by atoms with Gasteiger partial charge in [0.25, 0.3) is 5.91 Å². The van der Waals surface area contributed by atoms with Gasteiger partial charge < -0.3 is 14.4 Å². The first kappa shape index (κ1) is 12.1. The first-order chi connectivity index (χ1) is 8.24. The number of methoxy groups -OCH3 is 1. The number of hydrogen-bond donors (Lipinski definition) is 0. The Balaban J connectivity index is 2.17. The van der Waals surface area contributed by atoms with E-state index in [1.807, 2.05) is 37.3 Å². The Kier molecular flexibility index (Phi) is 3.76. The minimum Gasteiger partial charge on any atom is -0.364 e. The molecule has 1 saturated heterocycles. The van der Waals surface area contributed by atoms with Crippen molar-refractivity contribution in [1.82, 2.24) is 4.90 Å². The van der Waals surface area contributed by atoms with Crippen LogP contribution in [0.15, 0.2) is 30.3 Å². The lowest BCUT2D eigenvalue weighted by Crippen LogP contribution is -2.50. The van der Waals surface area contributed by atoms with Crippen molar-refractivity contribution in [3.05, 3.63) is 35.9 Å². The zero-order valence-electron chi connectivity index (χ0n) is 10.1. The third kappa shape index (κ3) is 2.48. The summed E-state index contributed by atoms with van der Waals surface area (Å²) in [5.74, 6) is -0.0217. The third-order valence-electron chi connectivity index (χ3n) is 3.03. The summed E-state index contributed by atoms with van der Waals surface area (Å²) in [7, 11) is 1.59. The highest BCUT2D eigenvalue weighted by Crippen LogP contribution is 2.28. The van der Waals surface area contributed by atoms with Gasteiger partial charge in [-0.15, -0.1) is 0 Å². The second-order valence-corrected chi connectivity index (χ2v) is 4.16. The number of ether oxygens (including phenoxy) is 2. The van der Waals surface area contributed by atoms with Gasteiger partial charge in [-0.3, -0.25) is 4.79 Å². The van der Waals surface area contributed by atoms with Crippen molar-refractivity contribution in [2.75, 3.05) is 20.4 Å². The molecule has 1 amide bonds. The van der Waals surface area contributed by atoms with Crippen LogP contribution in [0.2, 0.25) is 0 Å². The molecule has 2 rings (SSSR count). The largest absolute Gasteiger partial charge is 0.364 e. The van der Waals surface area contributed by atoms with Gasteiger partial charge in [0.2, 0.25) is 0 Å². The van der Waals surface area contributed by atoms with E-state index < -0.39 is 0 Å². The number of nitrogens with zero attached hydrogens (tertiary/aromatic N) is 1. The van der Waals surface area contributed by atoms with Crippen LogP contribution in [-0.4, -0.2) is 37.3 Å². The highest BCUT2D eigenvalue weighted by Gasteiger charge is 2.34. The van der Waals surface area contributed by atoms with Crippen LogP contribution in [0, 0.1) is 0 Å². The lowest BCUT2D eigenvalue weighted by molar-refractivity contribution is -0.164. The summed E-state index contributed by atoms with van der Waals surface area (Å²) >= 11 is 0. The van der Waals surface area contributed by atoms with Crippen LogP contribution < -0.4 is 0 Å². The summed E-state index contributed by atoms with van der Waals surface area (Å²) in [6, 6.07) is 9.93. The smallest absolute Gasteiger partial charge is 0.250 e. The fourth-order valence-electron chi connectivity index (χ4n) is 2.12. The first-order valence-corrected chi connectivity index (χ1v) is 5.69. The van der Waals surface area contributed by atoms with Crippen LogP contribution in [-0.2, 0) is 14.3 Å². The van der Waals surface area contributed by atoms with Crippen molar-refractivity contribution in [2.45, 2.75) is 19.1 Å². The van der Waals surface area contributed by atoms with E-state index in [2.05, 4.69) is 0 Å². The molecule has 0 radical (unpaired) electrons. The number of rotatable bonds is 3. The summed E-state index contributed by atoms with van der Waals surface area (Å²) in [4.78, 5) is 13.4. The number of amides is 1. The maximum atomic E-state index is 11.7. The minimum absolute atomic E-state index is 0.0152. The van der Waals surface area contributed by atoms with Crippen molar-refractivity contribution in [2.24, 2.45) is 0 Å². The molecule has 4 heteroatoms. The third-order valence-corrected chi connectivity index (χ3v) is 3.03. The predicted molar refractivity (Wildman–Crippen MR) is 63.3 cm³/mol. The molecule has 0 N–H and O–H groups in total. The molecule has 1 heterocycles. The summed E-state index contributed by atoms with van der Waals surface area (Å²) in [5.41, 5.74) is 1.09. The standard InChI is InChI=1S/C13H17NO3/c1-10-13(11-6-4-3-5-7-11)17-8-12(15)14(10)9-16-2/h3-7,10,13H,8-9H2,1-2H3/t10-,13-/m1/s1. The van der Waals surface area contributed by atoms with E-state index in [-0.39, 0.29) is 24.7 Å². The Morgan fingerprint density at radius 1 is 1.41 bits per heavy atom. The van der Waals surface area contributed by atoms with Crippen LogP contribution in [0.3, 0.4) is 0 Å². The Labute approximate surface area is 101 Å². The van der Waals surface area contributed by atoms with Crippen molar-refractivity contribution in [3.8, 4) is 0 Å². The van der Waals surface area contributed by atoms with E-state index in [1.54, 1.807) is 12.0 Å². The first-order valence-electron chi connectivity index (χ1n) is 5.69. The number of carbonyl (C=O) groups is 1. The summed E-state index contributed by atoms with van der Waals surface area (Å²) in [6.45, 7) is 2.41. The van der Waals surface area contributed by atoms with Crippen molar-refractivity contribution in [1.29, 1.82) is 0 Å². The highest BCUT2D eigenvalue weighted by molar-refractivity contribution is 5.78. The van der Waals surface area contributed by atoms with Gasteiger partial charge in [0.15, 0.2) is 0 Å². The molecule has 0 saturated carbocycles. The van der Waals surface area contributed by atoms with Gasteiger partial charge in [-0.05, 0) is 12.5 Å². The molecular weight excluding hydrogens is 218 g/mol. The lowest BCUT2D eigenvalue weighted by atomic mass is 10.0. The van der Waals surface area contributed by atoms with Gasteiger partial charge in [0, 0.05) is 7.11 Å². The van der Waals surface area contributed by atoms with Gasteiger partial charge >= 0.3 is 0 Å². The molecule has 1 aliphatic rings. The van der Waals surface area contributed by atoms with E-state index in [4.69, 9.17) is 9.47 Å². The topological polar surface area (TPSA) is 38.8 Å². The van der Waals surface area contributed by atoms with Gasteiger partial charge in [-0.1, -0.05) is 30.3 Å². The zero-order chi connectivity index (χ0) is 12.3. The van der Waals surface area contributed by atoms with Crippen LogP contribution in [0.25, 0.3) is 0 Å². The number of morpholine rings is 1. The fraction of sp³-hybridized carbons (Fsp3) is 0.462. The quantitative estimate of drug-likeness (QED) is 0.798. The molecule has 4 nitrogen and oxygen atoms in total. The van der Waals surface area contributed by atoms with Crippen molar-refractivity contribution in [3.63, 3.8) is 0 Å². The summed E-state index contributed by atoms with van der Waals surface area (Å²) in [6.07, 6.45) is -0.0796. The summed E-state index contributed by atoms with van der Waals surface area (Å²) < 4.78 is 10.7. The predicted octanol–water partition coefficient (Wildman–Crippen LogP) is 1.58. The van der Waals surface area contributed by atoms with E-state index in [1.165, 1.54) is 0 Å². The van der Waals surface area contributed by atoms with Gasteiger partial charge in [0.1, 0.15) is 19.4 Å².